The lowest BCUT2D eigenvalue weighted by Crippen LogP contribution is -2.05. The van der Waals surface area contributed by atoms with Crippen molar-refractivity contribution in [2.45, 2.75) is 26.2 Å². The van der Waals surface area contributed by atoms with Gasteiger partial charge in [0.15, 0.2) is 0 Å². The van der Waals surface area contributed by atoms with E-state index in [0.717, 1.165) is 17.7 Å². The summed E-state index contributed by atoms with van der Waals surface area (Å²) >= 11 is 0. The van der Waals surface area contributed by atoms with Crippen molar-refractivity contribution in [2.75, 3.05) is 0 Å². The highest BCUT2D eigenvalue weighted by Crippen LogP contribution is 2.26. The summed E-state index contributed by atoms with van der Waals surface area (Å²) in [5.74, 6) is -0.712. The molecule has 0 saturated carbocycles. The molecule has 0 aliphatic heterocycles. The van der Waals surface area contributed by atoms with Gasteiger partial charge in [-0.05, 0) is 24.0 Å². The van der Waals surface area contributed by atoms with E-state index in [-0.39, 0.29) is 11.5 Å². The molecular formula is C14H17NO2. The number of carboxylic acid groups (broad SMARTS) is 1. The van der Waals surface area contributed by atoms with E-state index in [9.17, 15) is 4.79 Å². The van der Waals surface area contributed by atoms with Crippen molar-refractivity contribution in [3.63, 3.8) is 0 Å². The fourth-order valence-corrected chi connectivity index (χ4v) is 1.55. The van der Waals surface area contributed by atoms with Gasteiger partial charge in [-0.2, -0.15) is 0 Å². The highest BCUT2D eigenvalue weighted by Gasteiger charge is 2.14. The quantitative estimate of drug-likeness (QED) is 0.789. The molecule has 1 atom stereocenters. The maximum absolute atomic E-state index is 10.9. The monoisotopic (exact) mass is 231 g/mol. The molecule has 1 unspecified atom stereocenters. The lowest BCUT2D eigenvalue weighted by molar-refractivity contribution is 0.0696. The van der Waals surface area contributed by atoms with Gasteiger partial charge in [-0.25, -0.2) is 4.79 Å². The molecule has 0 radical (unpaired) electrons. The molecule has 0 aromatic carbocycles. The third kappa shape index (κ3) is 2.81. The summed E-state index contributed by atoms with van der Waals surface area (Å²) in [6, 6.07) is 1.61. The third-order valence-electron chi connectivity index (χ3n) is 2.84. The van der Waals surface area contributed by atoms with Crippen LogP contribution in [0.5, 0.6) is 0 Å². The predicted octanol–water partition coefficient (Wildman–Crippen LogP) is 3.49. The van der Waals surface area contributed by atoms with Crippen LogP contribution in [-0.2, 0) is 0 Å². The van der Waals surface area contributed by atoms with Gasteiger partial charge in [0, 0.05) is 11.8 Å². The van der Waals surface area contributed by atoms with E-state index in [4.69, 9.17) is 5.11 Å². The molecule has 3 nitrogen and oxygen atoms in total. The van der Waals surface area contributed by atoms with Crippen LogP contribution in [0.3, 0.4) is 0 Å². The number of aromatic carboxylic acids is 1. The second kappa shape index (κ2) is 5.43. The number of hydrogen-bond donors (Lipinski definition) is 1. The van der Waals surface area contributed by atoms with Crippen molar-refractivity contribution < 1.29 is 9.90 Å². The summed E-state index contributed by atoms with van der Waals surface area (Å²) in [6.07, 6.45) is 3.95. The summed E-state index contributed by atoms with van der Waals surface area (Å²) in [5, 5.41) is 8.95. The Morgan fingerprint density at radius 3 is 2.76 bits per heavy atom. The first-order valence-electron chi connectivity index (χ1n) is 5.56. The van der Waals surface area contributed by atoms with Crippen molar-refractivity contribution >= 4 is 11.5 Å². The van der Waals surface area contributed by atoms with E-state index in [1.165, 1.54) is 6.20 Å². The Morgan fingerprint density at radius 2 is 2.29 bits per heavy atom. The zero-order valence-corrected chi connectivity index (χ0v) is 10.2. The zero-order valence-electron chi connectivity index (χ0n) is 10.2. The molecule has 0 fully saturated rings. The predicted molar refractivity (Wildman–Crippen MR) is 69.1 cm³/mol. The topological polar surface area (TPSA) is 50.2 Å². The molecule has 0 bridgehead atoms. The molecule has 0 saturated heterocycles. The van der Waals surface area contributed by atoms with Crippen LogP contribution in [0.2, 0.25) is 0 Å². The molecule has 0 aliphatic carbocycles. The van der Waals surface area contributed by atoms with Crippen molar-refractivity contribution in [3.05, 3.63) is 48.3 Å². The Balaban J connectivity index is 3.36. The van der Waals surface area contributed by atoms with Crippen molar-refractivity contribution in [2.24, 2.45) is 0 Å². The molecule has 0 spiro atoms. The molecular weight excluding hydrogens is 214 g/mol. The van der Waals surface area contributed by atoms with Crippen LogP contribution < -0.4 is 0 Å². The average molecular weight is 231 g/mol. The van der Waals surface area contributed by atoms with Crippen molar-refractivity contribution in [3.8, 4) is 0 Å². The molecule has 1 aromatic heterocycles. The average Bonchev–Trinajstić information content (AvgIpc) is 2.35. The van der Waals surface area contributed by atoms with Gasteiger partial charge in [-0.15, -0.1) is 0 Å². The Hall–Kier alpha value is -1.90. The fraction of sp³-hybridized carbons (Fsp3) is 0.286. The van der Waals surface area contributed by atoms with E-state index in [2.05, 4.69) is 32.0 Å². The van der Waals surface area contributed by atoms with E-state index in [1.54, 1.807) is 12.1 Å². The summed E-state index contributed by atoms with van der Waals surface area (Å²) in [4.78, 5) is 15.2. The molecule has 3 heteroatoms. The SMILES string of the molecule is C=CC(=C)c1cc(C(=O)O)cnc1C(C)CC. The van der Waals surface area contributed by atoms with E-state index in [1.807, 2.05) is 0 Å². The third-order valence-corrected chi connectivity index (χ3v) is 2.84. The minimum atomic E-state index is -0.980. The van der Waals surface area contributed by atoms with Gasteiger partial charge in [0.05, 0.1) is 11.3 Å². The number of allylic oxidation sites excluding steroid dienone is 2. The number of rotatable bonds is 5. The number of hydrogen-bond acceptors (Lipinski definition) is 2. The number of aromatic nitrogens is 1. The molecule has 0 aliphatic rings. The van der Waals surface area contributed by atoms with Crippen molar-refractivity contribution in [1.82, 2.24) is 4.98 Å². The van der Waals surface area contributed by atoms with Gasteiger partial charge in [-0.1, -0.05) is 33.1 Å². The standard InChI is InChI=1S/C14H17NO2/c1-5-9(3)12-7-11(14(16)17)8-15-13(12)10(4)6-2/h5,7-8,10H,1,3,6H2,2,4H3,(H,16,17). The number of nitrogens with zero attached hydrogens (tertiary/aromatic N) is 1. The number of pyridine rings is 1. The second-order valence-corrected chi connectivity index (χ2v) is 4.00. The van der Waals surface area contributed by atoms with Crippen LogP contribution in [-0.4, -0.2) is 16.1 Å². The number of carboxylic acids is 1. The Labute approximate surface area is 102 Å². The van der Waals surface area contributed by atoms with Crippen molar-refractivity contribution in [1.29, 1.82) is 0 Å². The maximum Gasteiger partial charge on any atom is 0.337 e. The normalized spacial score (nSPS) is 11.9. The van der Waals surface area contributed by atoms with E-state index >= 15 is 0 Å². The molecule has 17 heavy (non-hydrogen) atoms. The lowest BCUT2D eigenvalue weighted by Gasteiger charge is -2.14. The van der Waals surface area contributed by atoms with Crippen LogP contribution in [0.15, 0.2) is 31.5 Å². The van der Waals surface area contributed by atoms with Crippen LogP contribution in [0.1, 0.15) is 47.8 Å². The fourth-order valence-electron chi connectivity index (χ4n) is 1.55. The second-order valence-electron chi connectivity index (χ2n) is 4.00. The van der Waals surface area contributed by atoms with Crippen LogP contribution in [0.4, 0.5) is 0 Å². The first-order chi connectivity index (χ1) is 8.01. The molecule has 1 heterocycles. The first-order valence-corrected chi connectivity index (χ1v) is 5.56. The summed E-state index contributed by atoms with van der Waals surface area (Å²) in [6.45, 7) is 11.7. The van der Waals surface area contributed by atoms with Gasteiger partial charge in [0.25, 0.3) is 0 Å². The molecule has 1 rings (SSSR count). The highest BCUT2D eigenvalue weighted by atomic mass is 16.4. The number of carbonyl (C=O) groups is 1. The van der Waals surface area contributed by atoms with Gasteiger partial charge < -0.3 is 5.11 Å². The minimum absolute atomic E-state index is 0.176. The molecule has 1 N–H and O–H groups in total. The first kappa shape index (κ1) is 13.2. The van der Waals surface area contributed by atoms with E-state index in [0.29, 0.717) is 5.57 Å². The molecule has 90 valence electrons. The Kier molecular flexibility index (Phi) is 4.21. The Morgan fingerprint density at radius 1 is 1.65 bits per heavy atom. The van der Waals surface area contributed by atoms with Gasteiger partial charge >= 0.3 is 5.97 Å². The minimum Gasteiger partial charge on any atom is -0.478 e. The zero-order chi connectivity index (χ0) is 13.0. The summed E-state index contributed by atoms with van der Waals surface area (Å²) < 4.78 is 0. The largest absolute Gasteiger partial charge is 0.478 e. The van der Waals surface area contributed by atoms with E-state index < -0.39 is 5.97 Å². The van der Waals surface area contributed by atoms with Gasteiger partial charge in [0.1, 0.15) is 0 Å². The van der Waals surface area contributed by atoms with Crippen LogP contribution >= 0.6 is 0 Å². The molecule has 0 amide bonds. The lowest BCUT2D eigenvalue weighted by atomic mass is 9.94. The molecule has 1 aromatic rings. The Bertz CT molecular complexity index is 463. The smallest absolute Gasteiger partial charge is 0.337 e. The maximum atomic E-state index is 10.9. The van der Waals surface area contributed by atoms with Gasteiger partial charge in [0.2, 0.25) is 0 Å². The summed E-state index contributed by atoms with van der Waals surface area (Å²) in [5.41, 5.74) is 2.53. The van der Waals surface area contributed by atoms with Gasteiger partial charge in [-0.3, -0.25) is 4.98 Å². The highest BCUT2D eigenvalue weighted by molar-refractivity contribution is 5.89. The summed E-state index contributed by atoms with van der Waals surface area (Å²) in [7, 11) is 0. The van der Waals surface area contributed by atoms with Crippen LogP contribution in [0.25, 0.3) is 5.57 Å². The van der Waals surface area contributed by atoms with Crippen LogP contribution in [0, 0.1) is 0 Å².